The van der Waals surface area contributed by atoms with Gasteiger partial charge in [-0.25, -0.2) is 9.37 Å². The summed E-state index contributed by atoms with van der Waals surface area (Å²) in [7, 11) is 3.48. The van der Waals surface area contributed by atoms with Crippen LogP contribution in [0.3, 0.4) is 0 Å². The number of benzene rings is 1. The molecule has 0 spiro atoms. The summed E-state index contributed by atoms with van der Waals surface area (Å²) in [5, 5.41) is 5.73. The summed E-state index contributed by atoms with van der Waals surface area (Å²) in [6, 6.07) is 9.02. The molecule has 0 aliphatic carbocycles. The Balaban J connectivity index is 1.78. The summed E-state index contributed by atoms with van der Waals surface area (Å²) in [6.07, 6.45) is 1.88. The lowest BCUT2D eigenvalue weighted by Crippen LogP contribution is -2.60. The third-order valence-electron chi connectivity index (χ3n) is 6.25. The summed E-state index contributed by atoms with van der Waals surface area (Å²) in [5.74, 6) is -1.08. The molecule has 3 heterocycles. The lowest BCUT2D eigenvalue weighted by atomic mass is 9.99. The largest absolute Gasteiger partial charge is 0.375 e. The van der Waals surface area contributed by atoms with Gasteiger partial charge in [0.1, 0.15) is 23.4 Å². The van der Waals surface area contributed by atoms with Crippen molar-refractivity contribution in [3.63, 3.8) is 0 Å². The van der Waals surface area contributed by atoms with E-state index in [2.05, 4.69) is 15.6 Å². The van der Waals surface area contributed by atoms with Crippen LogP contribution in [-0.4, -0.2) is 65.5 Å². The van der Waals surface area contributed by atoms with E-state index in [-0.39, 0.29) is 30.8 Å². The fraction of sp³-hybridized carbons (Fsp3) is 0.346. The molecule has 11 heteroatoms. The van der Waals surface area contributed by atoms with E-state index < -0.39 is 29.6 Å². The number of nitrogens with zero attached hydrogens (tertiary/aromatic N) is 4. The molecule has 1 aliphatic rings. The molecule has 0 radical (unpaired) electrons. The minimum atomic E-state index is -1.47. The smallest absolute Gasteiger partial charge is 0.265 e. The number of amides is 3. The third kappa shape index (κ3) is 5.30. The minimum Gasteiger partial charge on any atom is -0.375 e. The monoisotopic (exact) mass is 508 g/mol. The molecule has 0 unspecified atom stereocenters. The number of nitrogens with one attached hydrogen (secondary N) is 2. The molecule has 3 amide bonds. The average molecular weight is 509 g/mol. The number of anilines is 2. The molecule has 0 bridgehead atoms. The zero-order valence-corrected chi connectivity index (χ0v) is 21.2. The molecule has 0 saturated carbocycles. The average Bonchev–Trinajstić information content (AvgIpc) is 2.83. The Labute approximate surface area is 213 Å². The Morgan fingerprint density at radius 1 is 1.22 bits per heavy atom. The van der Waals surface area contributed by atoms with Gasteiger partial charge in [0.2, 0.25) is 12.3 Å². The highest BCUT2D eigenvalue weighted by Gasteiger charge is 2.41. The molecule has 10 nitrogen and oxygen atoms in total. The second kappa shape index (κ2) is 10.00. The van der Waals surface area contributed by atoms with Crippen molar-refractivity contribution < 1.29 is 18.8 Å². The van der Waals surface area contributed by atoms with E-state index in [9.17, 15) is 23.6 Å². The van der Waals surface area contributed by atoms with E-state index in [1.165, 1.54) is 24.1 Å². The summed E-state index contributed by atoms with van der Waals surface area (Å²) in [4.78, 5) is 58.1. The van der Waals surface area contributed by atoms with Gasteiger partial charge in [-0.2, -0.15) is 0 Å². The highest BCUT2D eigenvalue weighted by Crippen LogP contribution is 2.32. The van der Waals surface area contributed by atoms with Gasteiger partial charge in [0.25, 0.3) is 11.5 Å². The zero-order valence-electron chi connectivity index (χ0n) is 21.2. The SMILES string of the molecule is Cc1ccc(CNC(=O)c2cc3c(N(C)C)c(NC=O)cnc3n(CC(=O)N3CC(C)(F)C3)c2=O)cc1. The fourth-order valence-electron chi connectivity index (χ4n) is 4.41. The van der Waals surface area contributed by atoms with Crippen LogP contribution in [-0.2, 0) is 22.7 Å². The lowest BCUT2D eigenvalue weighted by molar-refractivity contribution is -0.144. The number of aryl methyl sites for hydroxylation is 1. The summed E-state index contributed by atoms with van der Waals surface area (Å²) >= 11 is 0. The van der Waals surface area contributed by atoms with Crippen molar-refractivity contribution in [2.24, 2.45) is 0 Å². The Morgan fingerprint density at radius 2 is 1.89 bits per heavy atom. The van der Waals surface area contributed by atoms with E-state index in [1.807, 2.05) is 31.2 Å². The maximum atomic E-state index is 14.0. The van der Waals surface area contributed by atoms with Crippen molar-refractivity contribution in [1.29, 1.82) is 0 Å². The van der Waals surface area contributed by atoms with Gasteiger partial charge in [0.05, 0.1) is 30.7 Å². The predicted molar refractivity (Wildman–Crippen MR) is 138 cm³/mol. The van der Waals surface area contributed by atoms with Gasteiger partial charge in [0.15, 0.2) is 0 Å². The predicted octanol–water partition coefficient (Wildman–Crippen LogP) is 1.84. The van der Waals surface area contributed by atoms with E-state index in [0.29, 0.717) is 23.2 Å². The minimum absolute atomic E-state index is 0.0704. The fourth-order valence-corrected chi connectivity index (χ4v) is 4.41. The second-order valence-electron chi connectivity index (χ2n) is 9.70. The van der Waals surface area contributed by atoms with Crippen LogP contribution in [0.5, 0.6) is 0 Å². The van der Waals surface area contributed by atoms with E-state index in [0.717, 1.165) is 15.7 Å². The molecule has 194 valence electrons. The summed E-state index contributed by atoms with van der Waals surface area (Å²) in [6.45, 7) is 3.01. The summed E-state index contributed by atoms with van der Waals surface area (Å²) < 4.78 is 15.1. The molecule has 4 rings (SSSR count). The first kappa shape index (κ1) is 25.8. The lowest BCUT2D eigenvalue weighted by Gasteiger charge is -2.42. The Hall–Kier alpha value is -4.28. The quantitative estimate of drug-likeness (QED) is 0.449. The molecule has 1 aromatic carbocycles. The van der Waals surface area contributed by atoms with Crippen LogP contribution < -0.4 is 21.1 Å². The van der Waals surface area contributed by atoms with Crippen LogP contribution in [0.15, 0.2) is 41.3 Å². The third-order valence-corrected chi connectivity index (χ3v) is 6.25. The van der Waals surface area contributed by atoms with Crippen LogP contribution in [0.4, 0.5) is 15.8 Å². The van der Waals surface area contributed by atoms with Crippen molar-refractivity contribution >= 4 is 40.6 Å². The van der Waals surface area contributed by atoms with E-state index in [4.69, 9.17) is 0 Å². The molecule has 0 atom stereocenters. The number of alkyl halides is 1. The summed E-state index contributed by atoms with van der Waals surface area (Å²) in [5.41, 5.74) is 0.630. The highest BCUT2D eigenvalue weighted by atomic mass is 19.1. The maximum absolute atomic E-state index is 14.0. The van der Waals surface area contributed by atoms with Crippen molar-refractivity contribution in [1.82, 2.24) is 19.8 Å². The van der Waals surface area contributed by atoms with Gasteiger partial charge in [0, 0.05) is 26.0 Å². The van der Waals surface area contributed by atoms with Gasteiger partial charge in [-0.1, -0.05) is 29.8 Å². The van der Waals surface area contributed by atoms with E-state index >= 15 is 0 Å². The molecule has 1 fully saturated rings. The number of aromatic nitrogens is 2. The number of carbonyl (C=O) groups is 3. The molecule has 1 aliphatic heterocycles. The Morgan fingerprint density at radius 3 is 2.49 bits per heavy atom. The van der Waals surface area contributed by atoms with Crippen LogP contribution >= 0.6 is 0 Å². The number of halogens is 1. The van der Waals surface area contributed by atoms with Crippen LogP contribution in [0.25, 0.3) is 11.0 Å². The molecular weight excluding hydrogens is 479 g/mol. The van der Waals surface area contributed by atoms with Crippen LogP contribution in [0.2, 0.25) is 0 Å². The normalized spacial score (nSPS) is 14.1. The van der Waals surface area contributed by atoms with Crippen LogP contribution in [0.1, 0.15) is 28.4 Å². The first-order valence-corrected chi connectivity index (χ1v) is 11.8. The first-order valence-electron chi connectivity index (χ1n) is 11.8. The number of hydrogen-bond donors (Lipinski definition) is 2. The van der Waals surface area contributed by atoms with Crippen molar-refractivity contribution in [2.75, 3.05) is 37.4 Å². The first-order chi connectivity index (χ1) is 17.5. The number of fused-ring (bicyclic) bond motifs is 1. The van der Waals surface area contributed by atoms with Gasteiger partial charge < -0.3 is 20.4 Å². The van der Waals surface area contributed by atoms with Gasteiger partial charge in [-0.15, -0.1) is 0 Å². The molecule has 3 aromatic rings. The molecule has 2 N–H and O–H groups in total. The Kier molecular flexibility index (Phi) is 6.97. The van der Waals surface area contributed by atoms with Crippen molar-refractivity contribution in [3.8, 4) is 0 Å². The molecule has 2 aromatic heterocycles. The Bertz CT molecular complexity index is 1420. The number of pyridine rings is 2. The topological polar surface area (TPSA) is 117 Å². The molecule has 1 saturated heterocycles. The van der Waals surface area contributed by atoms with Crippen LogP contribution in [0, 0.1) is 6.92 Å². The standard InChI is InChI=1S/C26H29FN6O4/c1-16-5-7-17(8-6-16)10-29-24(36)19-9-18-22(31(3)4)20(30-15-34)11-28-23(18)33(25(19)37)12-21(35)32-13-26(2,27)14-32/h5-9,11,15H,10,12-14H2,1-4H3,(H,29,36)(H,30,34). The number of likely N-dealkylation sites (tertiary alicyclic amines) is 1. The number of hydrogen-bond acceptors (Lipinski definition) is 6. The van der Waals surface area contributed by atoms with E-state index in [1.54, 1.807) is 19.0 Å². The van der Waals surface area contributed by atoms with Crippen molar-refractivity contribution in [2.45, 2.75) is 32.6 Å². The number of rotatable bonds is 8. The second-order valence-corrected chi connectivity index (χ2v) is 9.70. The van der Waals surface area contributed by atoms with Gasteiger partial charge in [-0.3, -0.25) is 23.7 Å². The van der Waals surface area contributed by atoms with Crippen molar-refractivity contribution in [3.05, 3.63) is 63.6 Å². The highest BCUT2D eigenvalue weighted by molar-refractivity contribution is 6.03. The maximum Gasteiger partial charge on any atom is 0.265 e. The zero-order chi connectivity index (χ0) is 26.9. The number of carbonyl (C=O) groups excluding carboxylic acids is 3. The molecule has 37 heavy (non-hydrogen) atoms. The van der Waals surface area contributed by atoms with Gasteiger partial charge >= 0.3 is 0 Å². The van der Waals surface area contributed by atoms with Gasteiger partial charge in [-0.05, 0) is 25.5 Å². The molecular formula is C26H29FN6O4.